The Morgan fingerprint density at radius 2 is 1.76 bits per heavy atom. The van der Waals surface area contributed by atoms with Crippen LogP contribution in [-0.4, -0.2) is 30.5 Å². The molecule has 9 heteroatoms. The number of benzene rings is 2. The van der Waals surface area contributed by atoms with E-state index in [9.17, 15) is 8.42 Å². The number of imidazole rings is 1. The standard InChI is InChI=1S/C20H17BrN4O3S/c1-12-17(21)11-22-20-18(12)23-19(24-20)13-3-5-14(6-4-13)25-29(26,27)16-9-7-15(28-2)8-10-16/h3-11,25H,1-2H3,(H,22,23,24). The molecule has 7 nitrogen and oxygen atoms in total. The van der Waals surface area contributed by atoms with Gasteiger partial charge in [-0.3, -0.25) is 4.72 Å². The predicted molar refractivity (Wildman–Crippen MR) is 116 cm³/mol. The number of nitrogens with zero attached hydrogens (tertiary/aromatic N) is 2. The van der Waals surface area contributed by atoms with Crippen molar-refractivity contribution in [3.63, 3.8) is 0 Å². The first-order chi connectivity index (χ1) is 13.9. The summed E-state index contributed by atoms with van der Waals surface area (Å²) in [7, 11) is -2.16. The number of aromatic nitrogens is 3. The highest BCUT2D eigenvalue weighted by Gasteiger charge is 2.15. The number of methoxy groups -OCH3 is 1. The quantitative estimate of drug-likeness (QED) is 0.445. The van der Waals surface area contributed by atoms with E-state index < -0.39 is 10.0 Å². The van der Waals surface area contributed by atoms with Gasteiger partial charge in [0.15, 0.2) is 5.65 Å². The summed E-state index contributed by atoms with van der Waals surface area (Å²) in [5.74, 6) is 1.26. The van der Waals surface area contributed by atoms with E-state index in [0.29, 0.717) is 22.9 Å². The van der Waals surface area contributed by atoms with Crippen molar-refractivity contribution in [1.29, 1.82) is 0 Å². The van der Waals surface area contributed by atoms with E-state index in [-0.39, 0.29) is 4.90 Å². The Balaban J connectivity index is 1.58. The molecule has 0 atom stereocenters. The molecule has 4 rings (SSSR count). The van der Waals surface area contributed by atoms with Gasteiger partial charge in [-0.1, -0.05) is 0 Å². The van der Waals surface area contributed by atoms with Gasteiger partial charge in [0.2, 0.25) is 0 Å². The number of anilines is 1. The minimum absolute atomic E-state index is 0.159. The minimum atomic E-state index is -3.69. The molecule has 0 aliphatic heterocycles. The lowest BCUT2D eigenvalue weighted by Gasteiger charge is -2.09. The Labute approximate surface area is 176 Å². The number of ether oxygens (including phenoxy) is 1. The maximum absolute atomic E-state index is 12.6. The third-order valence-electron chi connectivity index (χ3n) is 4.50. The van der Waals surface area contributed by atoms with Crippen LogP contribution in [0.15, 0.2) is 64.1 Å². The van der Waals surface area contributed by atoms with Crippen molar-refractivity contribution in [2.75, 3.05) is 11.8 Å². The summed E-state index contributed by atoms with van der Waals surface area (Å²) in [6, 6.07) is 13.2. The van der Waals surface area contributed by atoms with Crippen molar-refractivity contribution < 1.29 is 13.2 Å². The fourth-order valence-corrected chi connectivity index (χ4v) is 4.21. The number of pyridine rings is 1. The van der Waals surface area contributed by atoms with Crippen LogP contribution in [0.3, 0.4) is 0 Å². The molecule has 2 heterocycles. The molecule has 2 aromatic carbocycles. The number of fused-ring (bicyclic) bond motifs is 1. The monoisotopic (exact) mass is 472 g/mol. The van der Waals surface area contributed by atoms with Crippen molar-refractivity contribution in [3.8, 4) is 17.1 Å². The highest BCUT2D eigenvalue weighted by Crippen LogP contribution is 2.27. The van der Waals surface area contributed by atoms with Crippen LogP contribution in [-0.2, 0) is 10.0 Å². The van der Waals surface area contributed by atoms with Gasteiger partial charge in [-0.05, 0) is 76.9 Å². The lowest BCUT2D eigenvalue weighted by Crippen LogP contribution is -2.12. The summed E-state index contributed by atoms with van der Waals surface area (Å²) < 4.78 is 33.7. The first-order valence-corrected chi connectivity index (χ1v) is 10.9. The highest BCUT2D eigenvalue weighted by molar-refractivity contribution is 9.10. The lowest BCUT2D eigenvalue weighted by atomic mass is 10.2. The number of halogens is 1. The molecule has 0 amide bonds. The second kappa shape index (κ2) is 7.49. The Hall–Kier alpha value is -2.91. The topological polar surface area (TPSA) is 97.0 Å². The van der Waals surface area contributed by atoms with Gasteiger partial charge < -0.3 is 9.72 Å². The first kappa shape index (κ1) is 19.4. The zero-order valence-corrected chi connectivity index (χ0v) is 18.0. The number of nitrogens with one attached hydrogen (secondary N) is 2. The largest absolute Gasteiger partial charge is 0.497 e. The molecule has 2 N–H and O–H groups in total. The summed E-state index contributed by atoms with van der Waals surface area (Å²) in [5.41, 5.74) is 3.80. The predicted octanol–water partition coefficient (Wildman–Crippen LogP) is 4.51. The van der Waals surface area contributed by atoms with Gasteiger partial charge in [0.05, 0.1) is 17.5 Å². The second-order valence-electron chi connectivity index (χ2n) is 6.37. The first-order valence-electron chi connectivity index (χ1n) is 8.65. The highest BCUT2D eigenvalue weighted by atomic mass is 79.9. The van der Waals surface area contributed by atoms with Gasteiger partial charge in [-0.15, -0.1) is 0 Å². The van der Waals surface area contributed by atoms with E-state index in [1.54, 1.807) is 42.6 Å². The second-order valence-corrected chi connectivity index (χ2v) is 8.91. The van der Waals surface area contributed by atoms with Crippen LogP contribution in [0, 0.1) is 6.92 Å². The molecule has 0 saturated heterocycles. The van der Waals surface area contributed by atoms with Crippen LogP contribution in [0.25, 0.3) is 22.6 Å². The van der Waals surface area contributed by atoms with Gasteiger partial charge in [0.1, 0.15) is 11.6 Å². The zero-order chi connectivity index (χ0) is 20.6. The van der Waals surface area contributed by atoms with Crippen molar-refractivity contribution in [3.05, 3.63) is 64.8 Å². The number of aromatic amines is 1. The van der Waals surface area contributed by atoms with Crippen molar-refractivity contribution in [2.45, 2.75) is 11.8 Å². The van der Waals surface area contributed by atoms with Crippen LogP contribution in [0.1, 0.15) is 5.56 Å². The normalized spacial score (nSPS) is 11.6. The molecule has 0 fully saturated rings. The third-order valence-corrected chi connectivity index (χ3v) is 6.70. The molecule has 0 aliphatic carbocycles. The van der Waals surface area contributed by atoms with Crippen molar-refractivity contribution in [2.24, 2.45) is 0 Å². The Morgan fingerprint density at radius 1 is 1.07 bits per heavy atom. The maximum Gasteiger partial charge on any atom is 0.261 e. The minimum Gasteiger partial charge on any atom is -0.497 e. The third kappa shape index (κ3) is 3.83. The number of hydrogen-bond donors (Lipinski definition) is 2. The summed E-state index contributed by atoms with van der Waals surface area (Å²) in [6.07, 6.45) is 1.72. The Morgan fingerprint density at radius 3 is 2.41 bits per heavy atom. The van der Waals surface area contributed by atoms with Crippen molar-refractivity contribution >= 4 is 42.8 Å². The van der Waals surface area contributed by atoms with Gasteiger partial charge in [-0.2, -0.15) is 0 Å². The van der Waals surface area contributed by atoms with E-state index in [4.69, 9.17) is 4.74 Å². The molecule has 0 spiro atoms. The van der Waals surface area contributed by atoms with E-state index in [2.05, 4.69) is 35.6 Å². The summed E-state index contributed by atoms with van der Waals surface area (Å²) in [5, 5.41) is 0. The molecule has 0 bridgehead atoms. The molecule has 0 aliphatic rings. The molecule has 0 unspecified atom stereocenters. The molecule has 0 saturated carbocycles. The molecule has 0 radical (unpaired) electrons. The number of aryl methyl sites for hydroxylation is 1. The molecular weight excluding hydrogens is 456 g/mol. The van der Waals surface area contributed by atoms with Gasteiger partial charge in [0, 0.05) is 21.9 Å². The molecule has 2 aromatic heterocycles. The van der Waals surface area contributed by atoms with Gasteiger partial charge in [-0.25, -0.2) is 18.4 Å². The van der Waals surface area contributed by atoms with Crippen LogP contribution in [0.5, 0.6) is 5.75 Å². The molecule has 29 heavy (non-hydrogen) atoms. The lowest BCUT2D eigenvalue weighted by molar-refractivity contribution is 0.414. The molecule has 4 aromatic rings. The van der Waals surface area contributed by atoms with Crippen LogP contribution < -0.4 is 9.46 Å². The molecule has 148 valence electrons. The number of sulfonamides is 1. The fourth-order valence-electron chi connectivity index (χ4n) is 2.85. The van der Waals surface area contributed by atoms with Crippen LogP contribution >= 0.6 is 15.9 Å². The van der Waals surface area contributed by atoms with Crippen molar-refractivity contribution in [1.82, 2.24) is 15.0 Å². The number of rotatable bonds is 5. The Bertz CT molecular complexity index is 1280. The van der Waals surface area contributed by atoms with E-state index >= 15 is 0 Å². The smallest absolute Gasteiger partial charge is 0.261 e. The average Bonchev–Trinajstić information content (AvgIpc) is 3.16. The summed E-state index contributed by atoms with van der Waals surface area (Å²) >= 11 is 3.46. The molecular formula is C20H17BrN4O3S. The van der Waals surface area contributed by atoms with E-state index in [1.165, 1.54) is 19.2 Å². The van der Waals surface area contributed by atoms with Gasteiger partial charge >= 0.3 is 0 Å². The zero-order valence-electron chi connectivity index (χ0n) is 15.6. The summed E-state index contributed by atoms with van der Waals surface area (Å²) in [6.45, 7) is 1.98. The van der Waals surface area contributed by atoms with E-state index in [1.807, 2.05) is 6.92 Å². The summed E-state index contributed by atoms with van der Waals surface area (Å²) in [4.78, 5) is 12.3. The van der Waals surface area contributed by atoms with E-state index in [0.717, 1.165) is 21.1 Å². The van der Waals surface area contributed by atoms with Crippen LogP contribution in [0.4, 0.5) is 5.69 Å². The number of hydrogen-bond acceptors (Lipinski definition) is 5. The average molecular weight is 473 g/mol. The van der Waals surface area contributed by atoms with Gasteiger partial charge in [0.25, 0.3) is 10.0 Å². The SMILES string of the molecule is COc1ccc(S(=O)(=O)Nc2ccc(-c3nc4ncc(Br)c(C)c4[nH]3)cc2)cc1. The maximum atomic E-state index is 12.6. The fraction of sp³-hybridized carbons (Fsp3) is 0.100. The van der Waals surface area contributed by atoms with Crippen LogP contribution in [0.2, 0.25) is 0 Å². The Kier molecular flexibility index (Phi) is 5.01. The number of H-pyrrole nitrogens is 1.